The van der Waals surface area contributed by atoms with E-state index in [0.717, 1.165) is 9.87 Å². The van der Waals surface area contributed by atoms with Crippen LogP contribution >= 0.6 is 0 Å². The summed E-state index contributed by atoms with van der Waals surface area (Å²) in [7, 11) is -3.94. The Labute approximate surface area is 169 Å². The molecule has 0 saturated heterocycles. The first-order valence-electron chi connectivity index (χ1n) is 8.84. The van der Waals surface area contributed by atoms with Crippen molar-refractivity contribution in [3.63, 3.8) is 0 Å². The summed E-state index contributed by atoms with van der Waals surface area (Å²) in [4.78, 5) is 16.5. The van der Waals surface area contributed by atoms with E-state index in [1.54, 1.807) is 67.8 Å². The van der Waals surface area contributed by atoms with Gasteiger partial charge in [0.2, 0.25) is 0 Å². The number of benzene rings is 2. The van der Waals surface area contributed by atoms with Crippen molar-refractivity contribution in [2.75, 3.05) is 10.8 Å². The molecule has 1 amide bonds. The number of amides is 1. The molecule has 3 aromatic rings. The SMILES string of the molecule is Cc1ccccc1N(CC(=O)N/N=C\c1cccnc1)S(=O)(=O)c1ccccc1. The number of hydrogen-bond donors (Lipinski definition) is 1. The Bertz CT molecular complexity index is 1100. The van der Waals surface area contributed by atoms with E-state index >= 15 is 0 Å². The summed E-state index contributed by atoms with van der Waals surface area (Å²) < 4.78 is 27.5. The molecule has 1 heterocycles. The van der Waals surface area contributed by atoms with Crippen molar-refractivity contribution >= 4 is 27.8 Å². The maximum absolute atomic E-state index is 13.2. The molecule has 0 atom stereocenters. The van der Waals surface area contributed by atoms with E-state index in [9.17, 15) is 13.2 Å². The highest BCUT2D eigenvalue weighted by Gasteiger charge is 2.27. The molecule has 0 aliphatic rings. The number of rotatable bonds is 7. The molecule has 2 aromatic carbocycles. The van der Waals surface area contributed by atoms with Crippen LogP contribution in [0.2, 0.25) is 0 Å². The summed E-state index contributed by atoms with van der Waals surface area (Å²) >= 11 is 0. The Kier molecular flexibility index (Phi) is 6.36. The minimum Gasteiger partial charge on any atom is -0.271 e. The van der Waals surface area contributed by atoms with E-state index in [1.165, 1.54) is 18.3 Å². The van der Waals surface area contributed by atoms with Crippen LogP contribution in [0, 0.1) is 6.92 Å². The average Bonchev–Trinajstić information content (AvgIpc) is 2.74. The first-order valence-corrected chi connectivity index (χ1v) is 10.3. The number of hydrazone groups is 1. The number of aromatic nitrogens is 1. The van der Waals surface area contributed by atoms with Gasteiger partial charge in [0.05, 0.1) is 16.8 Å². The van der Waals surface area contributed by atoms with E-state index in [2.05, 4.69) is 15.5 Å². The largest absolute Gasteiger partial charge is 0.271 e. The monoisotopic (exact) mass is 408 g/mol. The number of carbonyl (C=O) groups is 1. The molecule has 0 saturated carbocycles. The van der Waals surface area contributed by atoms with Gasteiger partial charge in [-0.15, -0.1) is 0 Å². The number of sulfonamides is 1. The number of nitrogens with one attached hydrogen (secondary N) is 1. The van der Waals surface area contributed by atoms with Crippen molar-refractivity contribution < 1.29 is 13.2 Å². The molecule has 0 radical (unpaired) electrons. The van der Waals surface area contributed by atoms with Crippen molar-refractivity contribution in [1.82, 2.24) is 10.4 Å². The van der Waals surface area contributed by atoms with Gasteiger partial charge in [-0.1, -0.05) is 42.5 Å². The summed E-state index contributed by atoms with van der Waals surface area (Å²) in [5.74, 6) is -0.562. The molecule has 3 rings (SSSR count). The zero-order valence-electron chi connectivity index (χ0n) is 15.8. The minimum atomic E-state index is -3.94. The zero-order valence-corrected chi connectivity index (χ0v) is 16.6. The van der Waals surface area contributed by atoms with Crippen LogP contribution < -0.4 is 9.73 Å². The lowest BCUT2D eigenvalue weighted by molar-refractivity contribution is -0.119. The fourth-order valence-corrected chi connectivity index (χ4v) is 4.17. The first-order chi connectivity index (χ1) is 14.0. The normalized spacial score (nSPS) is 11.3. The number of pyridine rings is 1. The minimum absolute atomic E-state index is 0.106. The summed E-state index contributed by atoms with van der Waals surface area (Å²) in [6.45, 7) is 1.38. The highest BCUT2D eigenvalue weighted by molar-refractivity contribution is 7.92. The predicted molar refractivity (Wildman–Crippen MR) is 112 cm³/mol. The van der Waals surface area contributed by atoms with Crippen LogP contribution in [0.1, 0.15) is 11.1 Å². The molecule has 0 spiro atoms. The molecule has 1 N–H and O–H groups in total. The number of hydrogen-bond acceptors (Lipinski definition) is 5. The van der Waals surface area contributed by atoms with E-state index in [4.69, 9.17) is 0 Å². The van der Waals surface area contributed by atoms with Gasteiger partial charge >= 0.3 is 0 Å². The Hall–Kier alpha value is -3.52. The van der Waals surface area contributed by atoms with E-state index in [-0.39, 0.29) is 4.90 Å². The Morgan fingerprint density at radius 2 is 1.79 bits per heavy atom. The number of anilines is 1. The lowest BCUT2D eigenvalue weighted by Crippen LogP contribution is -2.40. The molecule has 0 aliphatic carbocycles. The topological polar surface area (TPSA) is 91.7 Å². The van der Waals surface area contributed by atoms with Crippen molar-refractivity contribution in [3.05, 3.63) is 90.3 Å². The van der Waals surface area contributed by atoms with Gasteiger partial charge < -0.3 is 0 Å². The predicted octanol–water partition coefficient (Wildman–Crippen LogP) is 2.74. The number of para-hydroxylation sites is 1. The molecule has 29 heavy (non-hydrogen) atoms. The number of nitrogens with zero attached hydrogens (tertiary/aromatic N) is 3. The van der Waals surface area contributed by atoms with Crippen LogP contribution in [0.4, 0.5) is 5.69 Å². The fraction of sp³-hybridized carbons (Fsp3) is 0.0952. The van der Waals surface area contributed by atoms with E-state index in [0.29, 0.717) is 11.3 Å². The number of aryl methyl sites for hydroxylation is 1. The van der Waals surface area contributed by atoms with Gasteiger partial charge in [0.25, 0.3) is 15.9 Å². The van der Waals surface area contributed by atoms with Gasteiger partial charge in [0, 0.05) is 18.0 Å². The quantitative estimate of drug-likeness (QED) is 0.481. The Balaban J connectivity index is 1.85. The van der Waals surface area contributed by atoms with Gasteiger partial charge in [0.15, 0.2) is 0 Å². The van der Waals surface area contributed by atoms with Crippen LogP contribution in [0.25, 0.3) is 0 Å². The van der Waals surface area contributed by atoms with Crippen molar-refractivity contribution in [2.45, 2.75) is 11.8 Å². The number of carbonyl (C=O) groups excluding carboxylic acids is 1. The smallest absolute Gasteiger partial charge is 0.264 e. The first kappa shape index (κ1) is 20.2. The van der Waals surface area contributed by atoms with E-state index < -0.39 is 22.5 Å². The van der Waals surface area contributed by atoms with Crippen molar-refractivity contribution in [3.8, 4) is 0 Å². The second-order valence-corrected chi connectivity index (χ2v) is 8.05. The van der Waals surface area contributed by atoms with Gasteiger partial charge in [-0.2, -0.15) is 5.10 Å². The van der Waals surface area contributed by atoms with Gasteiger partial charge in [0.1, 0.15) is 6.54 Å². The molecule has 0 fully saturated rings. The summed E-state index contributed by atoms with van der Waals surface area (Å²) in [6, 6.07) is 18.5. The Morgan fingerprint density at radius 1 is 1.07 bits per heavy atom. The third kappa shape index (κ3) is 5.05. The standard InChI is InChI=1S/C21H20N4O3S/c1-17-8-5-6-12-20(17)25(29(27,28)19-10-3-2-4-11-19)16-21(26)24-23-15-18-9-7-13-22-14-18/h2-15H,16H2,1H3,(H,24,26)/b23-15-. The van der Waals surface area contributed by atoms with Crippen molar-refractivity contribution in [2.24, 2.45) is 5.10 Å². The molecule has 1 aromatic heterocycles. The lowest BCUT2D eigenvalue weighted by Gasteiger charge is -2.25. The molecule has 0 unspecified atom stereocenters. The fourth-order valence-electron chi connectivity index (χ4n) is 2.66. The summed E-state index contributed by atoms with van der Waals surface area (Å²) in [5, 5.41) is 3.88. The molecule has 8 heteroatoms. The molecule has 0 bridgehead atoms. The Morgan fingerprint density at radius 3 is 2.48 bits per heavy atom. The maximum Gasteiger partial charge on any atom is 0.264 e. The maximum atomic E-state index is 13.2. The van der Waals surface area contributed by atoms with Crippen LogP contribution in [0.15, 0.2) is 89.1 Å². The molecular weight excluding hydrogens is 388 g/mol. The van der Waals surface area contributed by atoms with E-state index in [1.807, 2.05) is 6.07 Å². The van der Waals surface area contributed by atoms with Crippen LogP contribution in [0.5, 0.6) is 0 Å². The van der Waals surface area contributed by atoms with Gasteiger partial charge in [-0.3, -0.25) is 14.1 Å². The highest BCUT2D eigenvalue weighted by Crippen LogP contribution is 2.26. The van der Waals surface area contributed by atoms with Crippen LogP contribution in [0.3, 0.4) is 0 Å². The molecular formula is C21H20N4O3S. The van der Waals surface area contributed by atoms with Crippen LogP contribution in [-0.2, 0) is 14.8 Å². The van der Waals surface area contributed by atoms with Crippen molar-refractivity contribution in [1.29, 1.82) is 0 Å². The van der Waals surface area contributed by atoms with Gasteiger partial charge in [-0.25, -0.2) is 13.8 Å². The third-order valence-electron chi connectivity index (χ3n) is 4.09. The summed E-state index contributed by atoms with van der Waals surface area (Å²) in [6.07, 6.45) is 4.66. The zero-order chi connectivity index (χ0) is 20.7. The second-order valence-electron chi connectivity index (χ2n) is 6.19. The molecule has 148 valence electrons. The summed E-state index contributed by atoms with van der Waals surface area (Å²) in [5.41, 5.74) is 4.25. The molecule has 7 nitrogen and oxygen atoms in total. The lowest BCUT2D eigenvalue weighted by atomic mass is 10.2. The average molecular weight is 408 g/mol. The van der Waals surface area contributed by atoms with Crippen LogP contribution in [-0.4, -0.2) is 32.1 Å². The third-order valence-corrected chi connectivity index (χ3v) is 5.86. The second kappa shape index (κ2) is 9.11. The highest BCUT2D eigenvalue weighted by atomic mass is 32.2. The van der Waals surface area contributed by atoms with Gasteiger partial charge in [-0.05, 0) is 36.8 Å². The molecule has 0 aliphatic heterocycles.